The molecular weight excluding hydrogens is 527 g/mol. The van der Waals surface area contributed by atoms with Gasteiger partial charge in [-0.25, -0.2) is 0 Å². The number of carbonyl (C=O) groups is 1. The van der Waals surface area contributed by atoms with Crippen LogP contribution in [0.5, 0.6) is 5.75 Å². The summed E-state index contributed by atoms with van der Waals surface area (Å²) >= 11 is 19.2. The summed E-state index contributed by atoms with van der Waals surface area (Å²) in [6, 6.07) is 22.4. The maximum Gasteiger partial charge on any atom is 0.181 e. The van der Waals surface area contributed by atoms with Crippen molar-refractivity contribution < 1.29 is 9.53 Å². The van der Waals surface area contributed by atoms with Crippen molar-refractivity contribution in [1.82, 2.24) is 0 Å². The van der Waals surface area contributed by atoms with Gasteiger partial charge in [-0.1, -0.05) is 104 Å². The first-order valence-corrected chi connectivity index (χ1v) is 11.1. The molecule has 2 atom stereocenters. The van der Waals surface area contributed by atoms with Gasteiger partial charge in [0.05, 0.1) is 25.3 Å². The molecule has 0 saturated heterocycles. The molecule has 0 aromatic heterocycles. The molecular formula is C22H16Br2Cl2O2. The number of halogens is 4. The minimum Gasteiger partial charge on any atom is -0.488 e. The highest BCUT2D eigenvalue weighted by atomic mass is 79.9. The molecule has 0 fully saturated rings. The van der Waals surface area contributed by atoms with Gasteiger partial charge >= 0.3 is 0 Å². The number of alkyl halides is 2. The molecule has 2 nitrogen and oxygen atoms in total. The fraction of sp³-hybridized carbons (Fsp3) is 0.136. The van der Waals surface area contributed by atoms with E-state index in [1.807, 2.05) is 48.5 Å². The van der Waals surface area contributed by atoms with E-state index in [9.17, 15) is 4.79 Å². The lowest BCUT2D eigenvalue weighted by Gasteiger charge is -2.18. The maximum atomic E-state index is 13.1. The number of ether oxygens (including phenoxy) is 1. The highest BCUT2D eigenvalue weighted by Gasteiger charge is 2.28. The number of hydrogen-bond donors (Lipinski definition) is 0. The summed E-state index contributed by atoms with van der Waals surface area (Å²) in [4.78, 5) is 12.3. The summed E-state index contributed by atoms with van der Waals surface area (Å²) in [6.45, 7) is 0.391. The van der Waals surface area contributed by atoms with Crippen LogP contribution >= 0.6 is 55.1 Å². The standard InChI is InChI=1S/C22H16Br2Cl2O2/c23-20(15-10-11-17(25)18(26)12-15)21(24)22(27)16-8-4-5-9-19(16)28-13-14-6-2-1-3-7-14/h1-12,20-21H,13H2/t20-,21+/m0/s1. The molecule has 28 heavy (non-hydrogen) atoms. The van der Waals surface area contributed by atoms with Crippen molar-refractivity contribution in [3.05, 3.63) is 99.5 Å². The van der Waals surface area contributed by atoms with Crippen LogP contribution in [0.4, 0.5) is 0 Å². The summed E-state index contributed by atoms with van der Waals surface area (Å²) in [6.07, 6.45) is 0. The molecule has 0 N–H and O–H groups in total. The Balaban J connectivity index is 1.78. The molecule has 3 aromatic carbocycles. The molecule has 0 aliphatic rings. The first-order valence-electron chi connectivity index (χ1n) is 8.50. The molecule has 0 amide bonds. The Kier molecular flexibility index (Phi) is 7.58. The van der Waals surface area contributed by atoms with E-state index in [-0.39, 0.29) is 10.6 Å². The smallest absolute Gasteiger partial charge is 0.181 e. The van der Waals surface area contributed by atoms with E-state index in [0.29, 0.717) is 28.0 Å². The van der Waals surface area contributed by atoms with Gasteiger partial charge in [0, 0.05) is 0 Å². The van der Waals surface area contributed by atoms with E-state index in [0.717, 1.165) is 11.1 Å². The second-order valence-electron chi connectivity index (χ2n) is 6.11. The predicted octanol–water partition coefficient (Wildman–Crippen LogP) is 7.65. The van der Waals surface area contributed by atoms with Gasteiger partial charge in [-0.3, -0.25) is 4.79 Å². The normalized spacial score (nSPS) is 13.0. The minimum atomic E-state index is -0.508. The van der Waals surface area contributed by atoms with Crippen molar-refractivity contribution in [2.75, 3.05) is 0 Å². The van der Waals surface area contributed by atoms with Gasteiger partial charge < -0.3 is 4.74 Å². The fourth-order valence-corrected chi connectivity index (χ4v) is 4.05. The van der Waals surface area contributed by atoms with Crippen molar-refractivity contribution in [2.45, 2.75) is 16.3 Å². The van der Waals surface area contributed by atoms with Crippen molar-refractivity contribution in [2.24, 2.45) is 0 Å². The number of Topliss-reactive ketones (excluding diaryl/α,β-unsaturated/α-hetero) is 1. The molecule has 0 heterocycles. The van der Waals surface area contributed by atoms with Crippen molar-refractivity contribution >= 4 is 60.8 Å². The third-order valence-electron chi connectivity index (χ3n) is 4.16. The summed E-state index contributed by atoms with van der Waals surface area (Å²) in [5, 5.41) is 0.921. The molecule has 0 unspecified atom stereocenters. The van der Waals surface area contributed by atoms with Gasteiger partial charge in [0.2, 0.25) is 0 Å². The number of rotatable bonds is 7. The number of para-hydroxylation sites is 1. The SMILES string of the molecule is O=C(c1ccccc1OCc1ccccc1)[C@H](Br)[C@@H](Br)c1ccc(Cl)c(Cl)c1. The summed E-state index contributed by atoms with van der Waals surface area (Å²) < 4.78 is 5.92. The van der Waals surface area contributed by atoms with Crippen LogP contribution in [0.1, 0.15) is 26.3 Å². The number of carbonyl (C=O) groups excluding carboxylic acids is 1. The number of hydrogen-bond acceptors (Lipinski definition) is 2. The molecule has 3 rings (SSSR count). The zero-order chi connectivity index (χ0) is 20.1. The third-order valence-corrected chi connectivity index (χ3v) is 7.61. The van der Waals surface area contributed by atoms with E-state index in [1.54, 1.807) is 24.3 Å². The zero-order valence-corrected chi connectivity index (χ0v) is 19.3. The largest absolute Gasteiger partial charge is 0.488 e. The lowest BCUT2D eigenvalue weighted by Crippen LogP contribution is -2.20. The first-order chi connectivity index (χ1) is 13.5. The van der Waals surface area contributed by atoms with Gasteiger partial charge in [-0.2, -0.15) is 0 Å². The fourth-order valence-electron chi connectivity index (χ4n) is 2.67. The summed E-state index contributed by atoms with van der Waals surface area (Å²) in [5.74, 6) is 0.464. The second kappa shape index (κ2) is 9.93. The molecule has 0 spiro atoms. The maximum absolute atomic E-state index is 13.1. The van der Waals surface area contributed by atoms with E-state index >= 15 is 0 Å². The van der Waals surface area contributed by atoms with Gasteiger partial charge in [0.15, 0.2) is 5.78 Å². The van der Waals surface area contributed by atoms with Gasteiger partial charge in [-0.15, -0.1) is 0 Å². The minimum absolute atomic E-state index is 0.0865. The first kappa shape index (κ1) is 21.4. The van der Waals surface area contributed by atoms with Crippen LogP contribution in [0, 0.1) is 0 Å². The third kappa shape index (κ3) is 5.18. The topological polar surface area (TPSA) is 26.3 Å². The Bertz CT molecular complexity index is 964. The lowest BCUT2D eigenvalue weighted by molar-refractivity contribution is 0.0986. The molecule has 0 radical (unpaired) electrons. The van der Waals surface area contributed by atoms with Crippen molar-refractivity contribution in [3.63, 3.8) is 0 Å². The Hall–Kier alpha value is -1.33. The van der Waals surface area contributed by atoms with Crippen molar-refractivity contribution in [3.8, 4) is 5.75 Å². The van der Waals surface area contributed by atoms with E-state index in [2.05, 4.69) is 31.9 Å². The highest BCUT2D eigenvalue weighted by molar-refractivity contribution is 9.12. The van der Waals surface area contributed by atoms with E-state index < -0.39 is 4.83 Å². The Labute approximate surface area is 191 Å². The Morgan fingerprint density at radius 1 is 0.893 bits per heavy atom. The second-order valence-corrected chi connectivity index (χ2v) is 8.90. The van der Waals surface area contributed by atoms with Crippen LogP contribution < -0.4 is 4.74 Å². The van der Waals surface area contributed by atoms with Crippen LogP contribution in [0.25, 0.3) is 0 Å². The average Bonchev–Trinajstić information content (AvgIpc) is 2.73. The van der Waals surface area contributed by atoms with Crippen LogP contribution in [0.2, 0.25) is 10.0 Å². The monoisotopic (exact) mass is 540 g/mol. The Morgan fingerprint density at radius 2 is 1.57 bits per heavy atom. The number of benzene rings is 3. The molecule has 144 valence electrons. The Morgan fingerprint density at radius 3 is 2.29 bits per heavy atom. The average molecular weight is 543 g/mol. The molecule has 0 saturated carbocycles. The molecule has 6 heteroatoms. The van der Waals surface area contributed by atoms with E-state index in [4.69, 9.17) is 27.9 Å². The van der Waals surface area contributed by atoms with Gasteiger partial charge in [0.25, 0.3) is 0 Å². The van der Waals surface area contributed by atoms with Gasteiger partial charge in [-0.05, 0) is 35.4 Å². The highest BCUT2D eigenvalue weighted by Crippen LogP contribution is 2.37. The van der Waals surface area contributed by atoms with Crippen molar-refractivity contribution in [1.29, 1.82) is 0 Å². The van der Waals surface area contributed by atoms with Crippen LogP contribution in [-0.2, 0) is 6.61 Å². The van der Waals surface area contributed by atoms with Crippen LogP contribution in [0.3, 0.4) is 0 Å². The summed E-state index contributed by atoms with van der Waals surface area (Å²) in [5.41, 5.74) is 2.41. The molecule has 0 aliphatic carbocycles. The van der Waals surface area contributed by atoms with Gasteiger partial charge in [0.1, 0.15) is 12.4 Å². The zero-order valence-electron chi connectivity index (χ0n) is 14.6. The molecule has 0 bridgehead atoms. The summed E-state index contributed by atoms with van der Waals surface area (Å²) in [7, 11) is 0. The molecule has 0 aliphatic heterocycles. The quantitative estimate of drug-likeness (QED) is 0.226. The van der Waals surface area contributed by atoms with E-state index in [1.165, 1.54) is 0 Å². The number of ketones is 1. The predicted molar refractivity (Wildman–Crippen MR) is 122 cm³/mol. The molecule has 3 aromatic rings. The van der Waals surface area contributed by atoms with Crippen LogP contribution in [-0.4, -0.2) is 10.6 Å². The lowest BCUT2D eigenvalue weighted by atomic mass is 10.0. The van der Waals surface area contributed by atoms with Crippen LogP contribution in [0.15, 0.2) is 72.8 Å².